The van der Waals surface area contributed by atoms with Crippen LogP contribution in [-0.2, 0) is 4.79 Å². The van der Waals surface area contributed by atoms with Gasteiger partial charge in [0, 0.05) is 0 Å². The lowest BCUT2D eigenvalue weighted by Gasteiger charge is -1.94. The van der Waals surface area contributed by atoms with E-state index in [2.05, 4.69) is 11.8 Å². The van der Waals surface area contributed by atoms with Gasteiger partial charge in [0.1, 0.15) is 5.92 Å². The molecule has 1 unspecified atom stereocenters. The van der Waals surface area contributed by atoms with E-state index < -0.39 is 11.9 Å². The number of carboxylic acid groups (broad SMARTS) is 1. The minimum absolute atomic E-state index is 0.644. The molecule has 1 N–H and O–H groups in total. The zero-order valence-electron chi connectivity index (χ0n) is 6.09. The Balaban J connectivity index is 4.21. The first kappa shape index (κ1) is 8.77. The summed E-state index contributed by atoms with van der Waals surface area (Å²) >= 11 is 0. The molecular formula is C8H10O2. The monoisotopic (exact) mass is 138 g/mol. The zero-order valence-corrected chi connectivity index (χ0v) is 6.09. The molecule has 0 aromatic carbocycles. The van der Waals surface area contributed by atoms with Crippen molar-refractivity contribution < 1.29 is 9.90 Å². The predicted molar refractivity (Wildman–Crippen MR) is 39.4 cm³/mol. The molecule has 0 rings (SSSR count). The van der Waals surface area contributed by atoms with E-state index in [1.807, 2.05) is 0 Å². The molecule has 1 atom stereocenters. The average molecular weight is 138 g/mol. The number of carbonyl (C=O) groups is 1. The minimum atomic E-state index is -0.896. The lowest BCUT2D eigenvalue weighted by Crippen LogP contribution is -2.07. The third-order valence-electron chi connectivity index (χ3n) is 0.951. The molecule has 0 amide bonds. The summed E-state index contributed by atoms with van der Waals surface area (Å²) in [4.78, 5) is 10.3. The number of aliphatic carboxylic acids is 1. The topological polar surface area (TPSA) is 37.3 Å². The van der Waals surface area contributed by atoms with Gasteiger partial charge in [0.15, 0.2) is 0 Å². The van der Waals surface area contributed by atoms with E-state index in [-0.39, 0.29) is 0 Å². The fraction of sp³-hybridized carbons (Fsp3) is 0.375. The van der Waals surface area contributed by atoms with Crippen molar-refractivity contribution in [3.63, 3.8) is 0 Å². The van der Waals surface area contributed by atoms with Crippen LogP contribution in [0.25, 0.3) is 0 Å². The molecule has 2 heteroatoms. The van der Waals surface area contributed by atoms with E-state index >= 15 is 0 Å². The number of carboxylic acids is 1. The van der Waals surface area contributed by atoms with Gasteiger partial charge in [0.2, 0.25) is 0 Å². The van der Waals surface area contributed by atoms with E-state index in [1.165, 1.54) is 0 Å². The third-order valence-corrected chi connectivity index (χ3v) is 0.951. The van der Waals surface area contributed by atoms with Gasteiger partial charge in [-0.3, -0.25) is 4.79 Å². The summed E-state index contributed by atoms with van der Waals surface area (Å²) in [5.74, 6) is 3.56. The number of hydrogen-bond donors (Lipinski definition) is 1. The molecule has 54 valence electrons. The molecule has 0 saturated carbocycles. The van der Waals surface area contributed by atoms with Crippen LogP contribution in [0.15, 0.2) is 12.2 Å². The van der Waals surface area contributed by atoms with Gasteiger partial charge in [-0.2, -0.15) is 0 Å². The highest BCUT2D eigenvalue weighted by molar-refractivity contribution is 5.75. The molecule has 0 heterocycles. The molecule has 0 aromatic rings. The van der Waals surface area contributed by atoms with E-state index in [0.717, 1.165) is 0 Å². The van der Waals surface area contributed by atoms with Crippen LogP contribution in [0.2, 0.25) is 0 Å². The average Bonchev–Trinajstić information content (AvgIpc) is 1.87. The Morgan fingerprint density at radius 2 is 2.30 bits per heavy atom. The van der Waals surface area contributed by atoms with Gasteiger partial charge < -0.3 is 5.11 Å². The number of allylic oxidation sites excluding steroid dienone is 1. The maximum atomic E-state index is 10.3. The highest BCUT2D eigenvalue weighted by Crippen LogP contribution is 1.95. The van der Waals surface area contributed by atoms with Gasteiger partial charge in [0.05, 0.1) is 0 Å². The van der Waals surface area contributed by atoms with Crippen molar-refractivity contribution in [1.29, 1.82) is 0 Å². The molecule has 0 spiro atoms. The predicted octanol–water partition coefficient (Wildman–Crippen LogP) is 1.29. The standard InChI is InChI=1S/C8H10O2/c1-3-5-7(6-4-2)8(9)10/h3,5,7H,1-2H3,(H,9,10). The van der Waals surface area contributed by atoms with Crippen LogP contribution in [0.4, 0.5) is 0 Å². The Bertz CT molecular complexity index is 193. The summed E-state index contributed by atoms with van der Waals surface area (Å²) in [7, 11) is 0. The molecule has 0 fully saturated rings. The number of hydrogen-bond acceptors (Lipinski definition) is 1. The summed E-state index contributed by atoms with van der Waals surface area (Å²) < 4.78 is 0. The van der Waals surface area contributed by atoms with E-state index in [1.54, 1.807) is 26.0 Å². The number of rotatable bonds is 2. The minimum Gasteiger partial charge on any atom is -0.480 e. The van der Waals surface area contributed by atoms with Gasteiger partial charge >= 0.3 is 5.97 Å². The summed E-state index contributed by atoms with van der Waals surface area (Å²) in [6, 6.07) is 0. The van der Waals surface area contributed by atoms with Crippen LogP contribution < -0.4 is 0 Å². The molecule has 0 bridgehead atoms. The van der Waals surface area contributed by atoms with Crippen molar-refractivity contribution in [2.24, 2.45) is 5.92 Å². The third kappa shape index (κ3) is 2.93. The Labute approximate surface area is 60.6 Å². The second kappa shape index (κ2) is 4.63. The summed E-state index contributed by atoms with van der Waals surface area (Å²) in [6.45, 7) is 3.40. The second-order valence-electron chi connectivity index (χ2n) is 1.74. The van der Waals surface area contributed by atoms with Crippen molar-refractivity contribution >= 4 is 5.97 Å². The summed E-state index contributed by atoms with van der Waals surface area (Å²) in [5, 5.41) is 8.48. The van der Waals surface area contributed by atoms with Crippen LogP contribution in [0.1, 0.15) is 13.8 Å². The second-order valence-corrected chi connectivity index (χ2v) is 1.74. The molecule has 0 saturated heterocycles. The van der Waals surface area contributed by atoms with Gasteiger partial charge in [-0.15, -0.1) is 5.92 Å². The lowest BCUT2D eigenvalue weighted by molar-refractivity contribution is -0.138. The fourth-order valence-corrected chi connectivity index (χ4v) is 0.540. The van der Waals surface area contributed by atoms with Crippen LogP contribution in [0, 0.1) is 17.8 Å². The maximum absolute atomic E-state index is 10.3. The highest BCUT2D eigenvalue weighted by Gasteiger charge is 2.07. The molecule has 0 aliphatic heterocycles. The highest BCUT2D eigenvalue weighted by atomic mass is 16.4. The lowest BCUT2D eigenvalue weighted by atomic mass is 10.1. The Morgan fingerprint density at radius 3 is 2.60 bits per heavy atom. The molecule has 0 aromatic heterocycles. The van der Waals surface area contributed by atoms with Crippen LogP contribution >= 0.6 is 0 Å². The van der Waals surface area contributed by atoms with E-state index in [4.69, 9.17) is 5.11 Å². The van der Waals surface area contributed by atoms with E-state index in [0.29, 0.717) is 0 Å². The van der Waals surface area contributed by atoms with Crippen molar-refractivity contribution in [1.82, 2.24) is 0 Å². The van der Waals surface area contributed by atoms with Crippen LogP contribution in [0.5, 0.6) is 0 Å². The van der Waals surface area contributed by atoms with E-state index in [9.17, 15) is 4.79 Å². The van der Waals surface area contributed by atoms with Gasteiger partial charge in [0.25, 0.3) is 0 Å². The Hall–Kier alpha value is -1.23. The first-order chi connectivity index (χ1) is 4.72. The smallest absolute Gasteiger partial charge is 0.322 e. The summed E-state index contributed by atoms with van der Waals surface area (Å²) in [5.41, 5.74) is 0. The first-order valence-electron chi connectivity index (χ1n) is 3.00. The van der Waals surface area contributed by atoms with Crippen molar-refractivity contribution in [2.75, 3.05) is 0 Å². The quantitative estimate of drug-likeness (QED) is 0.461. The zero-order chi connectivity index (χ0) is 7.98. The normalized spacial score (nSPS) is 12.2. The largest absolute Gasteiger partial charge is 0.480 e. The molecule has 2 nitrogen and oxygen atoms in total. The Kier molecular flexibility index (Phi) is 4.06. The fourth-order valence-electron chi connectivity index (χ4n) is 0.540. The summed E-state index contributed by atoms with van der Waals surface area (Å²) in [6.07, 6.45) is 3.24. The van der Waals surface area contributed by atoms with Crippen molar-refractivity contribution in [3.05, 3.63) is 12.2 Å². The van der Waals surface area contributed by atoms with Crippen molar-refractivity contribution in [2.45, 2.75) is 13.8 Å². The molecule has 0 aliphatic carbocycles. The molecule has 10 heavy (non-hydrogen) atoms. The van der Waals surface area contributed by atoms with Crippen molar-refractivity contribution in [3.8, 4) is 11.8 Å². The van der Waals surface area contributed by atoms with Gasteiger partial charge in [-0.1, -0.05) is 18.1 Å². The maximum Gasteiger partial charge on any atom is 0.322 e. The van der Waals surface area contributed by atoms with Crippen LogP contribution in [0.3, 0.4) is 0 Å². The van der Waals surface area contributed by atoms with Crippen LogP contribution in [-0.4, -0.2) is 11.1 Å². The van der Waals surface area contributed by atoms with Gasteiger partial charge in [-0.25, -0.2) is 0 Å². The van der Waals surface area contributed by atoms with Gasteiger partial charge in [-0.05, 0) is 13.8 Å². The molecule has 0 aliphatic rings. The first-order valence-corrected chi connectivity index (χ1v) is 3.00. The Morgan fingerprint density at radius 1 is 1.70 bits per heavy atom. The molecule has 0 radical (unpaired) electrons. The SMILES string of the molecule is CC#CC(C=CC)C(=O)O. The molecular weight excluding hydrogens is 128 g/mol.